The second-order valence-corrected chi connectivity index (χ2v) is 4.52. The first-order valence-electron chi connectivity index (χ1n) is 5.13. The van der Waals surface area contributed by atoms with Crippen LogP contribution < -0.4 is 11.1 Å². The molecule has 1 aliphatic heterocycles. The van der Waals surface area contributed by atoms with Gasteiger partial charge in [0.15, 0.2) is 0 Å². The van der Waals surface area contributed by atoms with Crippen molar-refractivity contribution >= 4 is 11.6 Å². The van der Waals surface area contributed by atoms with Crippen LogP contribution in [0.15, 0.2) is 18.2 Å². The van der Waals surface area contributed by atoms with Gasteiger partial charge in [0.25, 0.3) is 0 Å². The Hall–Kier alpha value is -0.710. The smallest absolute Gasteiger partial charge is 0.143 e. The number of nitrogens with two attached hydrogens (primary N) is 1. The fraction of sp³-hybridized carbons (Fsp3) is 0.455. The van der Waals surface area contributed by atoms with Gasteiger partial charge in [-0.1, -0.05) is 17.7 Å². The predicted molar refractivity (Wildman–Crippen MR) is 59.7 cm³/mol. The van der Waals surface area contributed by atoms with E-state index in [0.29, 0.717) is 18.5 Å². The minimum atomic E-state index is -1.50. The van der Waals surface area contributed by atoms with E-state index in [1.807, 2.05) is 0 Å². The normalized spacial score (nSPS) is 27.0. The van der Waals surface area contributed by atoms with Crippen LogP contribution in [0.4, 0.5) is 8.78 Å². The number of rotatable bonds is 2. The summed E-state index contributed by atoms with van der Waals surface area (Å²) < 4.78 is 27.5. The van der Waals surface area contributed by atoms with Gasteiger partial charge < -0.3 is 11.1 Å². The largest absolute Gasteiger partial charge is 0.321 e. The Kier molecular flexibility index (Phi) is 3.15. The van der Waals surface area contributed by atoms with Gasteiger partial charge in [-0.2, -0.15) is 0 Å². The average molecular weight is 247 g/mol. The van der Waals surface area contributed by atoms with E-state index in [1.54, 1.807) is 6.07 Å². The molecule has 0 amide bonds. The highest BCUT2D eigenvalue weighted by Gasteiger charge is 2.40. The van der Waals surface area contributed by atoms with Crippen molar-refractivity contribution in [3.63, 3.8) is 0 Å². The number of hydrogen-bond donors (Lipinski definition) is 2. The Morgan fingerprint density at radius 2 is 2.25 bits per heavy atom. The minimum Gasteiger partial charge on any atom is -0.321 e. The molecule has 1 aromatic rings. The molecule has 1 saturated heterocycles. The Bertz CT molecular complexity index is 392. The summed E-state index contributed by atoms with van der Waals surface area (Å²) in [5.74, 6) is -0.566. The zero-order valence-electron chi connectivity index (χ0n) is 8.64. The topological polar surface area (TPSA) is 38.0 Å². The standard InChI is InChI=1S/C11H13ClF2N2/c12-8-2-1-7(5-9(8)13)10(15)11(14)3-4-16-6-11/h1-2,5,10,16H,3-4,6,15H2. The third-order valence-corrected chi connectivity index (χ3v) is 3.30. The third-order valence-electron chi connectivity index (χ3n) is 3.00. The first-order valence-corrected chi connectivity index (χ1v) is 5.51. The Morgan fingerprint density at radius 1 is 1.50 bits per heavy atom. The van der Waals surface area contributed by atoms with E-state index in [0.717, 1.165) is 0 Å². The van der Waals surface area contributed by atoms with Gasteiger partial charge in [0.2, 0.25) is 0 Å². The molecule has 1 aliphatic rings. The molecule has 3 N–H and O–H groups in total. The summed E-state index contributed by atoms with van der Waals surface area (Å²) in [6.07, 6.45) is 0.346. The van der Waals surface area contributed by atoms with Crippen molar-refractivity contribution in [2.45, 2.75) is 18.1 Å². The molecule has 1 aromatic carbocycles. The highest BCUT2D eigenvalue weighted by molar-refractivity contribution is 6.30. The second kappa shape index (κ2) is 4.28. The lowest BCUT2D eigenvalue weighted by Gasteiger charge is -2.26. The molecule has 0 spiro atoms. The molecule has 2 atom stereocenters. The van der Waals surface area contributed by atoms with Crippen molar-refractivity contribution in [1.82, 2.24) is 5.32 Å². The Morgan fingerprint density at radius 3 is 2.81 bits per heavy atom. The van der Waals surface area contributed by atoms with Crippen LogP contribution in [0.5, 0.6) is 0 Å². The van der Waals surface area contributed by atoms with E-state index in [9.17, 15) is 8.78 Å². The van der Waals surface area contributed by atoms with Gasteiger partial charge >= 0.3 is 0 Å². The summed E-state index contributed by atoms with van der Waals surface area (Å²) in [5, 5.41) is 2.94. The van der Waals surface area contributed by atoms with Crippen molar-refractivity contribution < 1.29 is 8.78 Å². The van der Waals surface area contributed by atoms with Gasteiger partial charge in [0.1, 0.15) is 11.5 Å². The zero-order chi connectivity index (χ0) is 11.8. The molecule has 5 heteroatoms. The Labute approximate surface area is 97.8 Å². The fourth-order valence-electron chi connectivity index (χ4n) is 1.95. The van der Waals surface area contributed by atoms with Gasteiger partial charge in [0.05, 0.1) is 11.1 Å². The van der Waals surface area contributed by atoms with Gasteiger partial charge in [0, 0.05) is 6.54 Å². The van der Waals surface area contributed by atoms with E-state index in [2.05, 4.69) is 5.32 Å². The number of nitrogens with one attached hydrogen (secondary N) is 1. The molecule has 2 nitrogen and oxygen atoms in total. The number of alkyl halides is 1. The Balaban J connectivity index is 2.26. The van der Waals surface area contributed by atoms with Gasteiger partial charge in [-0.3, -0.25) is 0 Å². The van der Waals surface area contributed by atoms with Crippen molar-refractivity contribution in [2.75, 3.05) is 13.1 Å². The highest BCUT2D eigenvalue weighted by Crippen LogP contribution is 2.33. The monoisotopic (exact) mass is 246 g/mol. The lowest BCUT2D eigenvalue weighted by molar-refractivity contribution is 0.150. The van der Waals surface area contributed by atoms with E-state index < -0.39 is 17.5 Å². The number of hydrogen-bond acceptors (Lipinski definition) is 2. The lowest BCUT2D eigenvalue weighted by atomic mass is 9.90. The number of benzene rings is 1. The van der Waals surface area contributed by atoms with Crippen LogP contribution in [0.25, 0.3) is 0 Å². The minimum absolute atomic E-state index is 0.0217. The first kappa shape index (κ1) is 11.8. The maximum absolute atomic E-state index is 14.3. The van der Waals surface area contributed by atoms with E-state index >= 15 is 0 Å². The van der Waals surface area contributed by atoms with Gasteiger partial charge in [-0.25, -0.2) is 8.78 Å². The van der Waals surface area contributed by atoms with Gasteiger partial charge in [-0.05, 0) is 30.7 Å². The SMILES string of the molecule is NC(c1ccc(Cl)c(F)c1)C1(F)CCNC1. The van der Waals surface area contributed by atoms with Crippen LogP contribution in [0, 0.1) is 5.82 Å². The van der Waals surface area contributed by atoms with Crippen LogP contribution in [0.3, 0.4) is 0 Å². The predicted octanol–water partition coefficient (Wildman–Crippen LogP) is 2.18. The highest BCUT2D eigenvalue weighted by atomic mass is 35.5. The molecule has 0 bridgehead atoms. The van der Waals surface area contributed by atoms with E-state index in [4.69, 9.17) is 17.3 Å². The molecule has 0 aromatic heterocycles. The molecule has 2 unspecified atom stereocenters. The molecule has 0 saturated carbocycles. The first-order chi connectivity index (χ1) is 7.53. The summed E-state index contributed by atoms with van der Waals surface area (Å²) in [5.41, 5.74) is 4.77. The molecule has 1 heterocycles. The van der Waals surface area contributed by atoms with Crippen LogP contribution in [0.1, 0.15) is 18.0 Å². The van der Waals surface area contributed by atoms with Crippen LogP contribution in [-0.2, 0) is 0 Å². The molecule has 1 fully saturated rings. The molecule has 0 radical (unpaired) electrons. The van der Waals surface area contributed by atoms with Crippen molar-refractivity contribution in [3.05, 3.63) is 34.6 Å². The van der Waals surface area contributed by atoms with Crippen molar-refractivity contribution in [3.8, 4) is 0 Å². The maximum Gasteiger partial charge on any atom is 0.143 e. The van der Waals surface area contributed by atoms with Crippen LogP contribution in [-0.4, -0.2) is 18.8 Å². The number of halogens is 3. The quantitative estimate of drug-likeness (QED) is 0.840. The summed E-state index contributed by atoms with van der Waals surface area (Å²) in [6.45, 7) is 0.804. The molecule has 88 valence electrons. The lowest BCUT2D eigenvalue weighted by Crippen LogP contribution is -2.39. The van der Waals surface area contributed by atoms with Crippen LogP contribution >= 0.6 is 11.6 Å². The third kappa shape index (κ3) is 2.05. The second-order valence-electron chi connectivity index (χ2n) is 4.11. The van der Waals surface area contributed by atoms with E-state index in [1.165, 1.54) is 12.1 Å². The average Bonchev–Trinajstić information content (AvgIpc) is 2.70. The zero-order valence-corrected chi connectivity index (χ0v) is 9.40. The van der Waals surface area contributed by atoms with Crippen molar-refractivity contribution in [2.24, 2.45) is 5.73 Å². The summed E-state index contributed by atoms with van der Waals surface area (Å²) in [4.78, 5) is 0. The summed E-state index contributed by atoms with van der Waals surface area (Å²) >= 11 is 5.56. The molecular weight excluding hydrogens is 234 g/mol. The summed E-state index contributed by atoms with van der Waals surface area (Å²) in [7, 11) is 0. The molecule has 16 heavy (non-hydrogen) atoms. The van der Waals surface area contributed by atoms with Crippen molar-refractivity contribution in [1.29, 1.82) is 0 Å². The molecule has 2 rings (SSSR count). The molecule has 0 aliphatic carbocycles. The molecular formula is C11H13ClF2N2. The summed E-state index contributed by atoms with van der Waals surface area (Å²) in [6, 6.07) is 3.34. The van der Waals surface area contributed by atoms with Gasteiger partial charge in [-0.15, -0.1) is 0 Å². The maximum atomic E-state index is 14.3. The van der Waals surface area contributed by atoms with E-state index in [-0.39, 0.29) is 11.6 Å². The fourth-order valence-corrected chi connectivity index (χ4v) is 2.07. The van der Waals surface area contributed by atoms with Crippen LogP contribution in [0.2, 0.25) is 5.02 Å².